The van der Waals surface area contributed by atoms with Crippen molar-refractivity contribution in [3.63, 3.8) is 0 Å². The molecule has 170 valence electrons. The Hall–Kier alpha value is -2.46. The van der Waals surface area contributed by atoms with Crippen molar-refractivity contribution in [1.82, 2.24) is 0 Å². The number of alkyl halides is 1. The number of carbonyl (C=O) groups is 4. The van der Waals surface area contributed by atoms with Gasteiger partial charge in [-0.05, 0) is 11.1 Å². The van der Waals surface area contributed by atoms with E-state index in [0.717, 1.165) is 5.56 Å². The normalized spacial score (nSPS) is 25.3. The van der Waals surface area contributed by atoms with Crippen molar-refractivity contribution in [1.29, 1.82) is 0 Å². The summed E-state index contributed by atoms with van der Waals surface area (Å²) in [6.07, 6.45) is -5.30. The van der Waals surface area contributed by atoms with Crippen LogP contribution in [0.5, 0.6) is 0 Å². The fourth-order valence-electron chi connectivity index (χ4n) is 3.35. The Morgan fingerprint density at radius 2 is 1.45 bits per heavy atom. The van der Waals surface area contributed by atoms with Crippen LogP contribution in [0.15, 0.2) is 24.3 Å². The zero-order valence-electron chi connectivity index (χ0n) is 17.7. The van der Waals surface area contributed by atoms with Crippen LogP contribution < -0.4 is 0 Å². The minimum atomic E-state index is -1.18. The van der Waals surface area contributed by atoms with Crippen molar-refractivity contribution in [2.24, 2.45) is 0 Å². The van der Waals surface area contributed by atoms with Gasteiger partial charge in [-0.1, -0.05) is 40.2 Å². The summed E-state index contributed by atoms with van der Waals surface area (Å²) in [5.74, 6) is -2.53. The highest BCUT2D eigenvalue weighted by atomic mass is 79.9. The van der Waals surface area contributed by atoms with Crippen LogP contribution in [0, 0.1) is 0 Å². The monoisotopic (exact) mass is 500 g/mol. The Labute approximate surface area is 188 Å². The first kappa shape index (κ1) is 24.8. The third-order valence-electron chi connectivity index (χ3n) is 4.42. The van der Waals surface area contributed by atoms with Gasteiger partial charge in [0, 0.05) is 33.0 Å². The molecule has 0 bridgehead atoms. The molecule has 1 aromatic rings. The van der Waals surface area contributed by atoms with Crippen molar-refractivity contribution in [2.45, 2.75) is 63.5 Å². The molecule has 9 nitrogen and oxygen atoms in total. The molecule has 0 N–H and O–H groups in total. The SMILES string of the molecule is CC(=O)OCC1OC(c2cccc(CBr)c2)[C@H](OC(C)=O)C(OC(C)=O)[C@@H]1OC(C)=O. The largest absolute Gasteiger partial charge is 0.463 e. The molecule has 5 atom stereocenters. The molecule has 1 aliphatic rings. The first-order valence-electron chi connectivity index (χ1n) is 9.57. The summed E-state index contributed by atoms with van der Waals surface area (Å²) in [4.78, 5) is 46.8. The average molecular weight is 501 g/mol. The first-order valence-corrected chi connectivity index (χ1v) is 10.7. The van der Waals surface area contributed by atoms with Gasteiger partial charge in [-0.25, -0.2) is 0 Å². The number of hydrogen-bond donors (Lipinski definition) is 0. The first-order chi connectivity index (χ1) is 14.6. The summed E-state index contributed by atoms with van der Waals surface area (Å²) >= 11 is 3.39. The summed E-state index contributed by atoms with van der Waals surface area (Å²) in [6.45, 7) is 4.55. The van der Waals surface area contributed by atoms with Crippen LogP contribution in [0.2, 0.25) is 0 Å². The summed E-state index contributed by atoms with van der Waals surface area (Å²) < 4.78 is 27.5. The topological polar surface area (TPSA) is 114 Å². The van der Waals surface area contributed by atoms with Crippen LogP contribution in [0.4, 0.5) is 0 Å². The summed E-state index contributed by atoms with van der Waals surface area (Å²) in [5, 5.41) is 0.576. The van der Waals surface area contributed by atoms with Crippen LogP contribution in [-0.2, 0) is 48.2 Å². The Balaban J connectivity index is 2.54. The molecular weight excluding hydrogens is 476 g/mol. The fourth-order valence-corrected chi connectivity index (χ4v) is 3.70. The van der Waals surface area contributed by atoms with Gasteiger partial charge in [-0.3, -0.25) is 19.2 Å². The van der Waals surface area contributed by atoms with Crippen molar-refractivity contribution in [2.75, 3.05) is 6.61 Å². The highest BCUT2D eigenvalue weighted by molar-refractivity contribution is 9.08. The average Bonchev–Trinajstić information content (AvgIpc) is 2.68. The lowest BCUT2D eigenvalue weighted by Crippen LogP contribution is -2.59. The molecular formula is C21H25BrO9. The molecule has 0 amide bonds. The van der Waals surface area contributed by atoms with Gasteiger partial charge in [-0.2, -0.15) is 0 Å². The quantitative estimate of drug-likeness (QED) is 0.316. The van der Waals surface area contributed by atoms with E-state index < -0.39 is 54.4 Å². The molecule has 1 aromatic carbocycles. The van der Waals surface area contributed by atoms with E-state index in [1.54, 1.807) is 12.1 Å². The maximum Gasteiger partial charge on any atom is 0.303 e. The molecule has 0 saturated carbocycles. The zero-order chi connectivity index (χ0) is 23.1. The van der Waals surface area contributed by atoms with E-state index >= 15 is 0 Å². The molecule has 3 unspecified atom stereocenters. The van der Waals surface area contributed by atoms with Crippen molar-refractivity contribution < 1.29 is 42.9 Å². The van der Waals surface area contributed by atoms with E-state index in [1.807, 2.05) is 12.1 Å². The van der Waals surface area contributed by atoms with Crippen LogP contribution in [-0.4, -0.2) is 54.9 Å². The second-order valence-corrected chi connectivity index (χ2v) is 7.56. The highest BCUT2D eigenvalue weighted by Crippen LogP contribution is 2.38. The van der Waals surface area contributed by atoms with Crippen molar-refractivity contribution >= 4 is 39.8 Å². The van der Waals surface area contributed by atoms with Gasteiger partial charge in [-0.15, -0.1) is 0 Å². The maximum atomic E-state index is 11.9. The van der Waals surface area contributed by atoms with Gasteiger partial charge >= 0.3 is 23.9 Å². The molecule has 1 aliphatic heterocycles. The van der Waals surface area contributed by atoms with E-state index in [4.69, 9.17) is 23.7 Å². The lowest BCUT2D eigenvalue weighted by atomic mass is 9.90. The van der Waals surface area contributed by atoms with Crippen LogP contribution >= 0.6 is 15.9 Å². The van der Waals surface area contributed by atoms with Gasteiger partial charge in [0.15, 0.2) is 18.3 Å². The van der Waals surface area contributed by atoms with Gasteiger partial charge in [0.1, 0.15) is 18.8 Å². The number of esters is 4. The van der Waals surface area contributed by atoms with Crippen molar-refractivity contribution in [3.05, 3.63) is 35.4 Å². The zero-order valence-corrected chi connectivity index (χ0v) is 19.2. The van der Waals surface area contributed by atoms with Gasteiger partial charge in [0.25, 0.3) is 0 Å². The Bertz CT molecular complexity index is 825. The molecule has 1 heterocycles. The standard InChI is InChI=1S/C21H25BrO9/c1-11(23)27-10-17-19(28-12(2)24)21(30-14(4)26)20(29-13(3)25)18(31-17)16-7-5-6-15(8-16)9-22/h5-8,17-21H,9-10H2,1-4H3/t17?,18?,19-,20+,21?/m1/s1. The van der Waals surface area contributed by atoms with Crippen LogP contribution in [0.1, 0.15) is 44.9 Å². The second kappa shape index (κ2) is 11.2. The van der Waals surface area contributed by atoms with E-state index in [9.17, 15) is 19.2 Å². The Morgan fingerprint density at radius 3 is 2.00 bits per heavy atom. The number of ether oxygens (including phenoxy) is 5. The summed E-state index contributed by atoms with van der Waals surface area (Å²) in [6, 6.07) is 7.31. The number of halogens is 1. The molecule has 1 fully saturated rings. The number of carbonyl (C=O) groups excluding carboxylic acids is 4. The smallest absolute Gasteiger partial charge is 0.303 e. The molecule has 31 heavy (non-hydrogen) atoms. The van der Waals surface area contributed by atoms with E-state index in [0.29, 0.717) is 10.9 Å². The second-order valence-electron chi connectivity index (χ2n) is 7.00. The molecule has 0 aromatic heterocycles. The van der Waals surface area contributed by atoms with Crippen molar-refractivity contribution in [3.8, 4) is 0 Å². The van der Waals surface area contributed by atoms with Crippen LogP contribution in [0.3, 0.4) is 0 Å². The Kier molecular flexibility index (Phi) is 9.00. The molecule has 2 rings (SSSR count). The third-order valence-corrected chi connectivity index (χ3v) is 5.07. The minimum absolute atomic E-state index is 0.257. The fraction of sp³-hybridized carbons (Fsp3) is 0.524. The number of benzene rings is 1. The van der Waals surface area contributed by atoms with Gasteiger partial charge in [0.2, 0.25) is 0 Å². The highest BCUT2D eigenvalue weighted by Gasteiger charge is 2.52. The lowest BCUT2D eigenvalue weighted by Gasteiger charge is -2.44. The number of rotatable bonds is 7. The third kappa shape index (κ3) is 7.03. The minimum Gasteiger partial charge on any atom is -0.463 e. The Morgan fingerprint density at radius 1 is 0.871 bits per heavy atom. The molecule has 1 saturated heterocycles. The van der Waals surface area contributed by atoms with Crippen LogP contribution in [0.25, 0.3) is 0 Å². The lowest BCUT2D eigenvalue weighted by molar-refractivity contribution is -0.254. The maximum absolute atomic E-state index is 11.9. The molecule has 0 aliphatic carbocycles. The molecule has 0 radical (unpaired) electrons. The van der Waals surface area contributed by atoms with Gasteiger partial charge in [0.05, 0.1) is 0 Å². The molecule has 10 heteroatoms. The predicted octanol–water partition coefficient (Wildman–Crippen LogP) is 2.38. The van der Waals surface area contributed by atoms with E-state index in [-0.39, 0.29) is 6.61 Å². The van der Waals surface area contributed by atoms with Gasteiger partial charge < -0.3 is 23.7 Å². The van der Waals surface area contributed by atoms with E-state index in [1.165, 1.54) is 27.7 Å². The van der Waals surface area contributed by atoms with E-state index in [2.05, 4.69) is 15.9 Å². The molecule has 0 spiro atoms. The predicted molar refractivity (Wildman–Crippen MR) is 110 cm³/mol. The summed E-state index contributed by atoms with van der Waals surface area (Å²) in [7, 11) is 0. The number of hydrogen-bond acceptors (Lipinski definition) is 9. The summed E-state index contributed by atoms with van der Waals surface area (Å²) in [5.41, 5.74) is 1.58.